The van der Waals surface area contributed by atoms with Gasteiger partial charge in [0, 0.05) is 17.4 Å². The van der Waals surface area contributed by atoms with Gasteiger partial charge in [-0.1, -0.05) is 23.5 Å². The zero-order valence-corrected chi connectivity index (χ0v) is 18.6. The first-order chi connectivity index (χ1) is 14.1. The third-order valence-corrected chi connectivity index (χ3v) is 6.90. The van der Waals surface area contributed by atoms with E-state index in [0.29, 0.717) is 11.8 Å². The first-order valence-corrected chi connectivity index (χ1v) is 11.4. The van der Waals surface area contributed by atoms with Gasteiger partial charge >= 0.3 is 0 Å². The Labute approximate surface area is 176 Å². The second kappa shape index (κ2) is 8.79. The highest BCUT2D eigenvalue weighted by Crippen LogP contribution is 2.38. The SMILES string of the molecule is CCc1c(C)noc1-c1snnc1C1CCN(CCC(C)c2ccc(C)o2)CC1. The molecular formula is C22H30N4O2S. The average Bonchev–Trinajstić information content (AvgIpc) is 3.46. The number of piperidine rings is 1. The van der Waals surface area contributed by atoms with Crippen LogP contribution in [-0.2, 0) is 6.42 Å². The van der Waals surface area contributed by atoms with Gasteiger partial charge in [0.15, 0.2) is 5.76 Å². The fourth-order valence-corrected chi connectivity index (χ4v) is 5.03. The molecule has 3 aromatic rings. The van der Waals surface area contributed by atoms with Crippen LogP contribution in [0.25, 0.3) is 10.6 Å². The molecule has 0 aliphatic carbocycles. The Morgan fingerprint density at radius 1 is 1.24 bits per heavy atom. The molecule has 0 amide bonds. The molecule has 7 heteroatoms. The molecule has 3 aromatic heterocycles. The van der Waals surface area contributed by atoms with Crippen molar-refractivity contribution in [1.82, 2.24) is 19.6 Å². The summed E-state index contributed by atoms with van der Waals surface area (Å²) in [5, 5.41) is 8.66. The molecule has 29 heavy (non-hydrogen) atoms. The van der Waals surface area contributed by atoms with Crippen molar-refractivity contribution in [1.29, 1.82) is 0 Å². The van der Waals surface area contributed by atoms with Crippen LogP contribution in [0.15, 0.2) is 21.1 Å². The van der Waals surface area contributed by atoms with E-state index in [4.69, 9.17) is 8.94 Å². The minimum atomic E-state index is 0.445. The second-order valence-corrected chi connectivity index (χ2v) is 8.92. The molecule has 0 spiro atoms. The summed E-state index contributed by atoms with van der Waals surface area (Å²) in [4.78, 5) is 3.64. The van der Waals surface area contributed by atoms with E-state index in [1.807, 2.05) is 13.8 Å². The molecular weight excluding hydrogens is 384 g/mol. The predicted octanol–water partition coefficient (Wildman–Crippen LogP) is 5.34. The Morgan fingerprint density at radius 2 is 2.03 bits per heavy atom. The van der Waals surface area contributed by atoms with Crippen LogP contribution in [0.5, 0.6) is 0 Å². The second-order valence-electron chi connectivity index (χ2n) is 8.17. The van der Waals surface area contributed by atoms with E-state index in [9.17, 15) is 0 Å². The Bertz CT molecular complexity index is 936. The Balaban J connectivity index is 1.35. The van der Waals surface area contributed by atoms with E-state index in [1.54, 1.807) is 0 Å². The number of aryl methyl sites for hydroxylation is 2. The number of likely N-dealkylation sites (tertiary alicyclic amines) is 1. The highest BCUT2D eigenvalue weighted by atomic mass is 32.1. The van der Waals surface area contributed by atoms with E-state index < -0.39 is 0 Å². The molecule has 1 saturated heterocycles. The number of furan rings is 1. The van der Waals surface area contributed by atoms with Crippen LogP contribution in [0, 0.1) is 13.8 Å². The molecule has 0 radical (unpaired) electrons. The van der Waals surface area contributed by atoms with Crippen molar-refractivity contribution in [2.24, 2.45) is 0 Å². The van der Waals surface area contributed by atoms with E-state index in [-0.39, 0.29) is 0 Å². The van der Waals surface area contributed by atoms with Crippen molar-refractivity contribution in [2.75, 3.05) is 19.6 Å². The largest absolute Gasteiger partial charge is 0.466 e. The van der Waals surface area contributed by atoms with Crippen LogP contribution in [0.4, 0.5) is 0 Å². The highest BCUT2D eigenvalue weighted by Gasteiger charge is 2.28. The maximum atomic E-state index is 5.78. The zero-order chi connectivity index (χ0) is 20.4. The maximum absolute atomic E-state index is 5.78. The number of nitrogens with zero attached hydrogens (tertiary/aromatic N) is 4. The lowest BCUT2D eigenvalue weighted by atomic mass is 9.91. The third-order valence-electron chi connectivity index (χ3n) is 6.16. The summed E-state index contributed by atoms with van der Waals surface area (Å²) in [5.74, 6) is 3.87. The molecule has 0 N–H and O–H groups in total. The molecule has 0 bridgehead atoms. The summed E-state index contributed by atoms with van der Waals surface area (Å²) in [6.45, 7) is 11.7. The van der Waals surface area contributed by atoms with Gasteiger partial charge in [0.2, 0.25) is 0 Å². The maximum Gasteiger partial charge on any atom is 0.183 e. The fraction of sp³-hybridized carbons (Fsp3) is 0.591. The molecule has 1 fully saturated rings. The molecule has 0 aromatic carbocycles. The van der Waals surface area contributed by atoms with E-state index >= 15 is 0 Å². The lowest BCUT2D eigenvalue weighted by molar-refractivity contribution is 0.203. The minimum absolute atomic E-state index is 0.445. The van der Waals surface area contributed by atoms with Gasteiger partial charge in [0.05, 0.1) is 11.4 Å². The number of rotatable bonds is 7. The Morgan fingerprint density at radius 3 is 2.72 bits per heavy atom. The summed E-state index contributed by atoms with van der Waals surface area (Å²) < 4.78 is 15.7. The summed E-state index contributed by atoms with van der Waals surface area (Å²) in [7, 11) is 0. The Kier molecular flexibility index (Phi) is 6.15. The number of hydrogen-bond acceptors (Lipinski definition) is 7. The Hall–Kier alpha value is -1.99. The van der Waals surface area contributed by atoms with Crippen molar-refractivity contribution in [3.8, 4) is 10.6 Å². The normalized spacial score (nSPS) is 17.1. The summed E-state index contributed by atoms with van der Waals surface area (Å²) in [5.41, 5.74) is 3.24. The molecule has 1 aliphatic rings. The summed E-state index contributed by atoms with van der Waals surface area (Å²) in [6, 6.07) is 4.16. The molecule has 4 rings (SSSR count). The van der Waals surface area contributed by atoms with Gasteiger partial charge in [-0.05, 0) is 82.8 Å². The van der Waals surface area contributed by atoms with Crippen LogP contribution >= 0.6 is 11.5 Å². The first-order valence-electron chi connectivity index (χ1n) is 10.6. The van der Waals surface area contributed by atoms with E-state index in [0.717, 1.165) is 78.9 Å². The quantitative estimate of drug-likeness (QED) is 0.520. The van der Waals surface area contributed by atoms with Gasteiger partial charge in [-0.15, -0.1) is 5.10 Å². The van der Waals surface area contributed by atoms with Crippen LogP contribution in [0.1, 0.15) is 73.4 Å². The van der Waals surface area contributed by atoms with Gasteiger partial charge in [-0.25, -0.2) is 0 Å². The van der Waals surface area contributed by atoms with Gasteiger partial charge in [0.1, 0.15) is 16.4 Å². The van der Waals surface area contributed by atoms with Crippen molar-refractivity contribution in [2.45, 2.75) is 65.2 Å². The summed E-state index contributed by atoms with van der Waals surface area (Å²) in [6.07, 6.45) is 4.26. The van der Waals surface area contributed by atoms with Gasteiger partial charge < -0.3 is 13.8 Å². The van der Waals surface area contributed by atoms with Crippen molar-refractivity contribution in [3.63, 3.8) is 0 Å². The zero-order valence-electron chi connectivity index (χ0n) is 17.8. The van der Waals surface area contributed by atoms with E-state index in [1.165, 1.54) is 17.1 Å². The average molecular weight is 415 g/mol. The standard InChI is InChI=1S/C22H30N4O2S/c1-5-18-16(4)24-28-21(18)22-20(23-25-29-22)17-9-12-26(13-10-17)11-8-14(2)19-7-6-15(3)27-19/h6-7,14,17H,5,8-13H2,1-4H3. The van der Waals surface area contributed by atoms with Crippen LogP contribution in [0.3, 0.4) is 0 Å². The van der Waals surface area contributed by atoms with Crippen molar-refractivity contribution >= 4 is 11.5 Å². The van der Waals surface area contributed by atoms with Gasteiger partial charge in [-0.3, -0.25) is 0 Å². The van der Waals surface area contributed by atoms with Crippen LogP contribution in [0.2, 0.25) is 0 Å². The smallest absolute Gasteiger partial charge is 0.183 e. The van der Waals surface area contributed by atoms with Crippen LogP contribution in [-0.4, -0.2) is 39.3 Å². The highest BCUT2D eigenvalue weighted by molar-refractivity contribution is 7.09. The molecule has 6 nitrogen and oxygen atoms in total. The molecule has 1 unspecified atom stereocenters. The molecule has 0 saturated carbocycles. The van der Waals surface area contributed by atoms with Crippen molar-refractivity contribution in [3.05, 3.63) is 40.6 Å². The third kappa shape index (κ3) is 4.31. The molecule has 4 heterocycles. The molecule has 1 aliphatic heterocycles. The monoisotopic (exact) mass is 414 g/mol. The van der Waals surface area contributed by atoms with Crippen LogP contribution < -0.4 is 0 Å². The fourth-order valence-electron chi connectivity index (χ4n) is 4.27. The lowest BCUT2D eigenvalue weighted by Crippen LogP contribution is -2.34. The summed E-state index contributed by atoms with van der Waals surface area (Å²) >= 11 is 1.43. The molecule has 156 valence electrons. The topological polar surface area (TPSA) is 68.2 Å². The predicted molar refractivity (Wildman–Crippen MR) is 114 cm³/mol. The van der Waals surface area contributed by atoms with E-state index in [2.05, 4.69) is 45.6 Å². The number of hydrogen-bond donors (Lipinski definition) is 0. The van der Waals surface area contributed by atoms with Crippen molar-refractivity contribution < 1.29 is 8.94 Å². The lowest BCUT2D eigenvalue weighted by Gasteiger charge is -2.31. The first kappa shape index (κ1) is 20.3. The van der Waals surface area contributed by atoms with Gasteiger partial charge in [0.25, 0.3) is 0 Å². The minimum Gasteiger partial charge on any atom is -0.466 e. The number of aromatic nitrogens is 3. The molecule has 1 atom stereocenters. The van der Waals surface area contributed by atoms with Gasteiger partial charge in [-0.2, -0.15) is 0 Å².